The van der Waals surface area contributed by atoms with Crippen LogP contribution in [-0.4, -0.2) is 15.0 Å². The molecular weight excluding hydrogens is 338 g/mol. The van der Waals surface area contributed by atoms with E-state index in [0.717, 1.165) is 16.6 Å². The Morgan fingerprint density at radius 1 is 1.29 bits per heavy atom. The van der Waals surface area contributed by atoms with Crippen molar-refractivity contribution in [1.82, 2.24) is 15.2 Å². The van der Waals surface area contributed by atoms with E-state index < -0.39 is 0 Å². The Morgan fingerprint density at radius 2 is 2.21 bits per heavy atom. The smallest absolute Gasteiger partial charge is 0.170 e. The van der Waals surface area contributed by atoms with E-state index in [2.05, 4.69) is 33.6 Å². The molecule has 4 nitrogen and oxygen atoms in total. The number of hydrogen-bond donors (Lipinski definition) is 1. The summed E-state index contributed by atoms with van der Waals surface area (Å²) in [5.74, 6) is 0.903. The van der Waals surface area contributed by atoms with Crippen molar-refractivity contribution in [2.75, 3.05) is 0 Å². The highest BCUT2D eigenvalue weighted by Gasteiger charge is 2.41. The van der Waals surface area contributed by atoms with Gasteiger partial charge in [0.1, 0.15) is 5.76 Å². The van der Waals surface area contributed by atoms with Gasteiger partial charge in [-0.25, -0.2) is 0 Å². The predicted octanol–water partition coefficient (Wildman–Crippen LogP) is 4.22. The Morgan fingerprint density at radius 3 is 2.88 bits per heavy atom. The molecule has 0 unspecified atom stereocenters. The zero-order chi connectivity index (χ0) is 16.5. The standard InChI is InChI=1S/C18H17N3OS2/c1-12-7-10-24-17(12)16-15(14-6-2-3-8-19-14)20-18(23)21(16)11-13-5-4-9-22-13/h2-10,15-16H,11H2,1H3,(H,20,23)/t15-,16+/m1/s1. The summed E-state index contributed by atoms with van der Waals surface area (Å²) in [6.07, 6.45) is 3.52. The molecule has 0 aliphatic carbocycles. The molecule has 0 radical (unpaired) electrons. The lowest BCUT2D eigenvalue weighted by atomic mass is 10.0. The molecule has 24 heavy (non-hydrogen) atoms. The molecule has 3 aromatic rings. The maximum atomic E-state index is 5.63. The molecule has 3 aromatic heterocycles. The van der Waals surface area contributed by atoms with E-state index >= 15 is 0 Å². The molecule has 2 atom stereocenters. The highest BCUT2D eigenvalue weighted by molar-refractivity contribution is 7.80. The Labute approximate surface area is 150 Å². The van der Waals surface area contributed by atoms with Crippen LogP contribution in [0.25, 0.3) is 0 Å². The van der Waals surface area contributed by atoms with Gasteiger partial charge in [-0.15, -0.1) is 11.3 Å². The van der Waals surface area contributed by atoms with Crippen LogP contribution in [-0.2, 0) is 6.54 Å². The Kier molecular flexibility index (Phi) is 4.08. The van der Waals surface area contributed by atoms with Gasteiger partial charge >= 0.3 is 0 Å². The lowest BCUT2D eigenvalue weighted by molar-refractivity contribution is 0.290. The summed E-state index contributed by atoms with van der Waals surface area (Å²) in [5.41, 5.74) is 2.28. The van der Waals surface area contributed by atoms with Crippen LogP contribution in [0, 0.1) is 6.92 Å². The first-order valence-corrected chi connectivity index (χ1v) is 9.07. The van der Waals surface area contributed by atoms with Gasteiger partial charge < -0.3 is 14.6 Å². The van der Waals surface area contributed by atoms with Crippen LogP contribution in [0.2, 0.25) is 0 Å². The second-order valence-corrected chi connectivity index (χ2v) is 7.14. The van der Waals surface area contributed by atoms with Crippen LogP contribution in [0.15, 0.2) is 58.7 Å². The number of thiophene rings is 1. The average Bonchev–Trinajstić information content (AvgIpc) is 3.31. The third-order valence-electron chi connectivity index (χ3n) is 4.27. The number of furan rings is 1. The van der Waals surface area contributed by atoms with Gasteiger partial charge in [-0.05, 0) is 60.4 Å². The fourth-order valence-corrected chi connectivity index (χ4v) is 4.50. The van der Waals surface area contributed by atoms with Crippen molar-refractivity contribution < 1.29 is 4.42 Å². The van der Waals surface area contributed by atoms with Gasteiger partial charge in [0, 0.05) is 11.1 Å². The third kappa shape index (κ3) is 2.72. The monoisotopic (exact) mass is 355 g/mol. The zero-order valence-electron chi connectivity index (χ0n) is 13.2. The predicted molar refractivity (Wildman–Crippen MR) is 98.8 cm³/mol. The van der Waals surface area contributed by atoms with Crippen molar-refractivity contribution in [3.63, 3.8) is 0 Å². The summed E-state index contributed by atoms with van der Waals surface area (Å²) >= 11 is 7.40. The molecule has 1 fully saturated rings. The van der Waals surface area contributed by atoms with Crippen molar-refractivity contribution in [2.45, 2.75) is 25.6 Å². The normalized spacial score (nSPS) is 20.4. The SMILES string of the molecule is Cc1ccsc1[C@@H]1[C@@H](c2ccccn2)NC(=S)N1Cc1ccco1. The maximum Gasteiger partial charge on any atom is 0.170 e. The second kappa shape index (κ2) is 6.37. The molecule has 0 spiro atoms. The van der Waals surface area contributed by atoms with Crippen LogP contribution in [0.1, 0.15) is 34.0 Å². The zero-order valence-corrected chi connectivity index (χ0v) is 14.8. The molecule has 1 aliphatic rings. The molecule has 0 bridgehead atoms. The minimum atomic E-state index is 0.0333. The van der Waals surface area contributed by atoms with E-state index in [1.54, 1.807) is 17.6 Å². The Bertz CT molecular complexity index is 829. The van der Waals surface area contributed by atoms with E-state index in [0.29, 0.717) is 6.54 Å². The summed E-state index contributed by atoms with van der Waals surface area (Å²) in [6.45, 7) is 2.79. The summed E-state index contributed by atoms with van der Waals surface area (Å²) in [4.78, 5) is 8.06. The molecule has 0 amide bonds. The van der Waals surface area contributed by atoms with Crippen molar-refractivity contribution >= 4 is 28.7 Å². The van der Waals surface area contributed by atoms with E-state index in [4.69, 9.17) is 16.6 Å². The number of thiocarbonyl (C=S) groups is 1. The van der Waals surface area contributed by atoms with Crippen LogP contribution in [0.5, 0.6) is 0 Å². The number of nitrogens with one attached hydrogen (secondary N) is 1. The number of rotatable bonds is 4. The number of pyridine rings is 1. The third-order valence-corrected chi connectivity index (χ3v) is 5.72. The highest BCUT2D eigenvalue weighted by atomic mass is 32.1. The van der Waals surface area contributed by atoms with E-state index in [1.165, 1.54) is 10.4 Å². The molecule has 0 aromatic carbocycles. The molecule has 4 rings (SSSR count). The molecule has 6 heteroatoms. The minimum absolute atomic E-state index is 0.0333. The van der Waals surface area contributed by atoms with Crippen LogP contribution in [0.3, 0.4) is 0 Å². The first-order valence-electron chi connectivity index (χ1n) is 7.78. The van der Waals surface area contributed by atoms with Gasteiger partial charge in [-0.3, -0.25) is 4.98 Å². The van der Waals surface area contributed by atoms with Gasteiger partial charge in [-0.2, -0.15) is 0 Å². The summed E-state index contributed by atoms with van der Waals surface area (Å²) < 4.78 is 5.54. The number of aryl methyl sites for hydroxylation is 1. The minimum Gasteiger partial charge on any atom is -0.467 e. The first-order chi connectivity index (χ1) is 11.7. The summed E-state index contributed by atoms with van der Waals surface area (Å²) in [7, 11) is 0. The van der Waals surface area contributed by atoms with E-state index in [1.807, 2.05) is 36.5 Å². The van der Waals surface area contributed by atoms with Crippen LogP contribution >= 0.6 is 23.6 Å². The molecule has 1 N–H and O–H groups in total. The topological polar surface area (TPSA) is 41.3 Å². The number of aromatic nitrogens is 1. The highest BCUT2D eigenvalue weighted by Crippen LogP contribution is 2.42. The van der Waals surface area contributed by atoms with Crippen LogP contribution < -0.4 is 5.32 Å². The Hall–Kier alpha value is -2.18. The average molecular weight is 355 g/mol. The molecule has 1 aliphatic heterocycles. The van der Waals surface area contributed by atoms with Crippen LogP contribution in [0.4, 0.5) is 0 Å². The molecule has 4 heterocycles. The number of hydrogen-bond acceptors (Lipinski definition) is 4. The molecular formula is C18H17N3OS2. The number of nitrogens with zero attached hydrogens (tertiary/aromatic N) is 2. The molecule has 0 saturated carbocycles. The molecule has 1 saturated heterocycles. The van der Waals surface area contributed by atoms with Crippen molar-refractivity contribution in [2.24, 2.45) is 0 Å². The van der Waals surface area contributed by atoms with Crippen molar-refractivity contribution in [3.05, 3.63) is 76.1 Å². The lowest BCUT2D eigenvalue weighted by Crippen LogP contribution is -2.28. The van der Waals surface area contributed by atoms with Crippen molar-refractivity contribution in [1.29, 1.82) is 0 Å². The fourth-order valence-electron chi connectivity index (χ4n) is 3.12. The van der Waals surface area contributed by atoms with Gasteiger partial charge in [0.2, 0.25) is 0 Å². The fraction of sp³-hybridized carbons (Fsp3) is 0.222. The van der Waals surface area contributed by atoms with Crippen molar-refractivity contribution in [3.8, 4) is 0 Å². The first kappa shape index (κ1) is 15.4. The van der Waals surface area contributed by atoms with Gasteiger partial charge in [-0.1, -0.05) is 6.07 Å². The van der Waals surface area contributed by atoms with Gasteiger partial charge in [0.05, 0.1) is 30.6 Å². The second-order valence-electron chi connectivity index (χ2n) is 5.80. The van der Waals surface area contributed by atoms with E-state index in [9.17, 15) is 0 Å². The van der Waals surface area contributed by atoms with Gasteiger partial charge in [0.15, 0.2) is 5.11 Å². The quantitative estimate of drug-likeness (QED) is 0.710. The molecule has 122 valence electrons. The summed E-state index contributed by atoms with van der Waals surface area (Å²) in [6, 6.07) is 12.2. The Balaban J connectivity index is 1.75. The maximum absolute atomic E-state index is 5.63. The largest absolute Gasteiger partial charge is 0.467 e. The van der Waals surface area contributed by atoms with E-state index in [-0.39, 0.29) is 12.1 Å². The summed E-state index contributed by atoms with van der Waals surface area (Å²) in [5, 5.41) is 6.33. The lowest BCUT2D eigenvalue weighted by Gasteiger charge is -2.26. The van der Waals surface area contributed by atoms with Gasteiger partial charge in [0.25, 0.3) is 0 Å².